The molecule has 0 radical (unpaired) electrons. The Morgan fingerprint density at radius 3 is 2.28 bits per heavy atom. The Morgan fingerprint density at radius 2 is 1.64 bits per heavy atom. The molecular weight excluding hydrogens is 314 g/mol. The average Bonchev–Trinajstić information content (AvgIpc) is 2.91. The molecule has 1 aromatic carbocycles. The highest BCUT2D eigenvalue weighted by atomic mass is 16.2. The minimum atomic E-state index is 0.00200. The summed E-state index contributed by atoms with van der Waals surface area (Å²) in [5, 5.41) is 2.97. The molecule has 2 aliphatic rings. The molecule has 2 atom stereocenters. The van der Waals surface area contributed by atoms with Crippen molar-refractivity contribution in [1.29, 1.82) is 0 Å². The summed E-state index contributed by atoms with van der Waals surface area (Å²) in [7, 11) is 0. The van der Waals surface area contributed by atoms with Gasteiger partial charge in [0.05, 0.1) is 0 Å². The summed E-state index contributed by atoms with van der Waals surface area (Å²) in [5.41, 5.74) is 7.41. The maximum absolute atomic E-state index is 12.6. The molecule has 1 aliphatic heterocycles. The molecule has 0 aromatic heterocycles. The lowest BCUT2D eigenvalue weighted by atomic mass is 9.85. The lowest BCUT2D eigenvalue weighted by Gasteiger charge is -2.25. The van der Waals surface area contributed by atoms with E-state index in [4.69, 9.17) is 5.73 Å². The number of anilines is 1. The molecule has 1 saturated heterocycles. The second-order valence-corrected chi connectivity index (χ2v) is 7.40. The maximum atomic E-state index is 12.6. The Hall–Kier alpha value is -1.88. The van der Waals surface area contributed by atoms with E-state index in [-0.39, 0.29) is 23.8 Å². The third-order valence-electron chi connectivity index (χ3n) is 5.38. The van der Waals surface area contributed by atoms with E-state index in [0.717, 1.165) is 57.3 Å². The number of nitrogens with zero attached hydrogens (tertiary/aromatic N) is 1. The minimum absolute atomic E-state index is 0.00200. The second-order valence-electron chi connectivity index (χ2n) is 7.40. The number of rotatable bonds is 3. The van der Waals surface area contributed by atoms with Gasteiger partial charge in [0.1, 0.15) is 0 Å². The van der Waals surface area contributed by atoms with Crippen molar-refractivity contribution in [3.05, 3.63) is 29.8 Å². The lowest BCUT2D eigenvalue weighted by Crippen LogP contribution is -2.34. The highest BCUT2D eigenvalue weighted by Gasteiger charge is 2.25. The van der Waals surface area contributed by atoms with E-state index >= 15 is 0 Å². The first-order valence-electron chi connectivity index (χ1n) is 9.59. The first-order valence-corrected chi connectivity index (χ1v) is 9.59. The molecule has 1 aliphatic carbocycles. The van der Waals surface area contributed by atoms with Gasteiger partial charge in [-0.1, -0.05) is 19.3 Å². The van der Waals surface area contributed by atoms with E-state index in [9.17, 15) is 9.59 Å². The lowest BCUT2D eigenvalue weighted by molar-refractivity contribution is -0.120. The topological polar surface area (TPSA) is 75.4 Å². The van der Waals surface area contributed by atoms with Crippen molar-refractivity contribution >= 4 is 17.5 Å². The highest BCUT2D eigenvalue weighted by molar-refractivity contribution is 5.96. The predicted octanol–water partition coefficient (Wildman–Crippen LogP) is 3.16. The van der Waals surface area contributed by atoms with Crippen molar-refractivity contribution in [2.24, 2.45) is 11.7 Å². The zero-order valence-electron chi connectivity index (χ0n) is 14.9. The van der Waals surface area contributed by atoms with E-state index in [0.29, 0.717) is 5.56 Å². The predicted molar refractivity (Wildman–Crippen MR) is 99.4 cm³/mol. The molecule has 1 heterocycles. The van der Waals surface area contributed by atoms with Gasteiger partial charge in [-0.3, -0.25) is 9.59 Å². The number of amides is 2. The number of likely N-dealkylation sites (tertiary alicyclic amines) is 1. The summed E-state index contributed by atoms with van der Waals surface area (Å²) in [6.45, 7) is 1.69. The van der Waals surface area contributed by atoms with Gasteiger partial charge in [-0.25, -0.2) is 0 Å². The smallest absolute Gasteiger partial charge is 0.253 e. The third kappa shape index (κ3) is 4.82. The molecule has 0 spiro atoms. The molecule has 3 N–H and O–H groups in total. The first-order chi connectivity index (χ1) is 12.1. The van der Waals surface area contributed by atoms with Gasteiger partial charge in [-0.2, -0.15) is 0 Å². The number of nitrogens with one attached hydrogen (secondary N) is 1. The summed E-state index contributed by atoms with van der Waals surface area (Å²) in [5.74, 6) is 0.141. The van der Waals surface area contributed by atoms with Crippen LogP contribution in [0.1, 0.15) is 61.7 Å². The van der Waals surface area contributed by atoms with Gasteiger partial charge in [0.25, 0.3) is 5.91 Å². The Kier molecular flexibility index (Phi) is 6.08. The molecule has 2 unspecified atom stereocenters. The molecule has 5 nitrogen and oxygen atoms in total. The van der Waals surface area contributed by atoms with Gasteiger partial charge in [0, 0.05) is 36.3 Å². The zero-order valence-corrected chi connectivity index (χ0v) is 14.9. The molecule has 136 valence electrons. The van der Waals surface area contributed by atoms with Gasteiger partial charge >= 0.3 is 0 Å². The fraction of sp³-hybridized carbons (Fsp3) is 0.600. The van der Waals surface area contributed by atoms with Crippen LogP contribution in [0, 0.1) is 5.92 Å². The number of carbonyl (C=O) groups excluding carboxylic acids is 2. The van der Waals surface area contributed by atoms with Crippen LogP contribution in [0.3, 0.4) is 0 Å². The van der Waals surface area contributed by atoms with Crippen molar-refractivity contribution in [2.75, 3.05) is 18.4 Å². The fourth-order valence-electron chi connectivity index (χ4n) is 3.86. The van der Waals surface area contributed by atoms with Crippen LogP contribution >= 0.6 is 0 Å². The van der Waals surface area contributed by atoms with Crippen molar-refractivity contribution < 1.29 is 9.59 Å². The summed E-state index contributed by atoms with van der Waals surface area (Å²) >= 11 is 0. The van der Waals surface area contributed by atoms with Gasteiger partial charge in [-0.15, -0.1) is 0 Å². The first kappa shape index (κ1) is 17.9. The molecule has 5 heteroatoms. The normalized spacial score (nSPS) is 24.4. The minimum Gasteiger partial charge on any atom is -0.339 e. The van der Waals surface area contributed by atoms with Crippen LogP contribution in [0.2, 0.25) is 0 Å². The summed E-state index contributed by atoms with van der Waals surface area (Å²) < 4.78 is 0. The Labute approximate surface area is 150 Å². The van der Waals surface area contributed by atoms with E-state index in [1.165, 1.54) is 12.8 Å². The highest BCUT2D eigenvalue weighted by Crippen LogP contribution is 2.24. The van der Waals surface area contributed by atoms with E-state index in [2.05, 4.69) is 5.32 Å². The number of hydrogen-bond acceptors (Lipinski definition) is 3. The Balaban J connectivity index is 1.58. The number of benzene rings is 1. The van der Waals surface area contributed by atoms with Crippen LogP contribution in [0.4, 0.5) is 5.69 Å². The van der Waals surface area contributed by atoms with Gasteiger partial charge < -0.3 is 16.0 Å². The van der Waals surface area contributed by atoms with E-state index in [1.54, 1.807) is 0 Å². The SMILES string of the molecule is NC1CCCC(C(=O)Nc2ccc(C(=O)N3CCCCCC3)cc2)C1. The molecule has 2 fully saturated rings. The second kappa shape index (κ2) is 8.48. The largest absolute Gasteiger partial charge is 0.339 e. The molecule has 0 bridgehead atoms. The molecule has 1 saturated carbocycles. The van der Waals surface area contributed by atoms with E-state index in [1.807, 2.05) is 29.2 Å². The molecule has 1 aromatic rings. The standard InChI is InChI=1S/C20H29N3O2/c21-17-7-5-6-16(14-17)19(24)22-18-10-8-15(9-11-18)20(25)23-12-3-1-2-4-13-23/h8-11,16-17H,1-7,12-14,21H2,(H,22,24). The number of nitrogens with two attached hydrogens (primary N) is 1. The van der Waals surface area contributed by atoms with Crippen LogP contribution in [0.25, 0.3) is 0 Å². The van der Waals surface area contributed by atoms with E-state index < -0.39 is 0 Å². The molecule has 25 heavy (non-hydrogen) atoms. The van der Waals surface area contributed by atoms with Gasteiger partial charge in [0.2, 0.25) is 5.91 Å². The van der Waals surface area contributed by atoms with Crippen molar-refractivity contribution in [3.8, 4) is 0 Å². The molecule has 3 rings (SSSR count). The fourth-order valence-corrected chi connectivity index (χ4v) is 3.86. The van der Waals surface area contributed by atoms with Crippen molar-refractivity contribution in [3.63, 3.8) is 0 Å². The van der Waals surface area contributed by atoms with Crippen molar-refractivity contribution in [1.82, 2.24) is 4.90 Å². The summed E-state index contributed by atoms with van der Waals surface area (Å²) in [6.07, 6.45) is 8.29. The van der Waals surface area contributed by atoms with Crippen LogP contribution < -0.4 is 11.1 Å². The number of hydrogen-bond donors (Lipinski definition) is 2. The maximum Gasteiger partial charge on any atom is 0.253 e. The van der Waals surface area contributed by atoms with Crippen LogP contribution in [0.5, 0.6) is 0 Å². The zero-order chi connectivity index (χ0) is 17.6. The Morgan fingerprint density at radius 1 is 0.960 bits per heavy atom. The van der Waals surface area contributed by atoms with Crippen LogP contribution in [-0.2, 0) is 4.79 Å². The number of carbonyl (C=O) groups is 2. The van der Waals surface area contributed by atoms with Crippen LogP contribution in [-0.4, -0.2) is 35.8 Å². The third-order valence-corrected chi connectivity index (χ3v) is 5.38. The monoisotopic (exact) mass is 343 g/mol. The van der Waals surface area contributed by atoms with Crippen molar-refractivity contribution in [2.45, 2.75) is 57.4 Å². The molecular formula is C20H29N3O2. The molecule has 2 amide bonds. The van der Waals surface area contributed by atoms with Crippen LogP contribution in [0.15, 0.2) is 24.3 Å². The van der Waals surface area contributed by atoms with Gasteiger partial charge in [-0.05, 0) is 56.4 Å². The van der Waals surface area contributed by atoms with Gasteiger partial charge in [0.15, 0.2) is 0 Å². The summed E-state index contributed by atoms with van der Waals surface area (Å²) in [4.78, 5) is 26.9. The summed E-state index contributed by atoms with van der Waals surface area (Å²) in [6, 6.07) is 7.42. The quantitative estimate of drug-likeness (QED) is 0.885. The Bertz CT molecular complexity index is 591. The average molecular weight is 343 g/mol.